The van der Waals surface area contributed by atoms with E-state index in [1.807, 2.05) is 0 Å². The molecule has 1 unspecified atom stereocenters. The molecule has 0 saturated carbocycles. The average molecular weight is 449 g/mol. The van der Waals surface area contributed by atoms with Gasteiger partial charge in [0.2, 0.25) is 12.7 Å². The van der Waals surface area contributed by atoms with Gasteiger partial charge in [-0.2, -0.15) is 13.2 Å². The van der Waals surface area contributed by atoms with E-state index in [1.165, 1.54) is 6.20 Å². The highest BCUT2D eigenvalue weighted by Gasteiger charge is 2.31. The van der Waals surface area contributed by atoms with Gasteiger partial charge in [-0.05, 0) is 24.6 Å². The number of thioether (sulfide) groups is 1. The molecule has 0 aliphatic carbocycles. The Morgan fingerprint density at radius 3 is 2.68 bits per heavy atom. The van der Waals surface area contributed by atoms with E-state index < -0.39 is 18.0 Å². The highest BCUT2D eigenvalue weighted by atomic mass is 32.2. The lowest BCUT2D eigenvalue weighted by atomic mass is 10.2. The van der Waals surface area contributed by atoms with Gasteiger partial charge in [0.05, 0.1) is 17.1 Å². The number of amides is 1. The van der Waals surface area contributed by atoms with Crippen LogP contribution in [0, 0.1) is 0 Å². The molecule has 3 aromatic rings. The summed E-state index contributed by atoms with van der Waals surface area (Å²) in [6.07, 6.45) is -3.04. The number of hydrogen-bond acceptors (Lipinski definition) is 5. The molecule has 0 radical (unpaired) electrons. The maximum absolute atomic E-state index is 13.2. The van der Waals surface area contributed by atoms with Crippen molar-refractivity contribution in [1.82, 2.24) is 9.55 Å². The molecule has 6 nitrogen and oxygen atoms in total. The standard InChI is InChI=1S/C21H18F3N3O3S/c1-13(19(28)26-15-7-8-17-18(9-15)30-12-29-17)31-20-25-10-16(14-5-3-2-4-6-14)27(20)11-21(22,23)24/h2-10,13H,11-12H2,1H3,(H,26,28). The van der Waals surface area contributed by atoms with Crippen molar-refractivity contribution in [3.8, 4) is 22.8 Å². The normalized spacial score (nSPS) is 13.8. The van der Waals surface area contributed by atoms with Crippen molar-refractivity contribution in [2.24, 2.45) is 0 Å². The number of nitrogens with zero attached hydrogens (tertiary/aromatic N) is 2. The molecule has 1 N–H and O–H groups in total. The summed E-state index contributed by atoms with van der Waals surface area (Å²) in [6.45, 7) is 0.530. The fraction of sp³-hybridized carbons (Fsp3) is 0.238. The minimum atomic E-state index is -4.43. The lowest BCUT2D eigenvalue weighted by Gasteiger charge is -2.16. The van der Waals surface area contributed by atoms with Crippen LogP contribution in [0.1, 0.15) is 6.92 Å². The van der Waals surface area contributed by atoms with Crippen LogP contribution in [-0.4, -0.2) is 33.7 Å². The Bertz CT molecular complexity index is 1090. The van der Waals surface area contributed by atoms with Crippen LogP contribution in [0.4, 0.5) is 18.9 Å². The third-order valence-corrected chi connectivity index (χ3v) is 5.62. The molecular weight excluding hydrogens is 431 g/mol. The molecule has 0 fully saturated rings. The predicted octanol–water partition coefficient (Wildman–Crippen LogP) is 4.96. The minimum Gasteiger partial charge on any atom is -0.454 e. The zero-order valence-electron chi connectivity index (χ0n) is 16.3. The molecule has 1 aliphatic heterocycles. The third-order valence-electron chi connectivity index (χ3n) is 4.52. The van der Waals surface area contributed by atoms with Gasteiger partial charge in [-0.1, -0.05) is 42.1 Å². The van der Waals surface area contributed by atoms with Gasteiger partial charge in [0.15, 0.2) is 16.7 Å². The average Bonchev–Trinajstić information content (AvgIpc) is 3.34. The lowest BCUT2D eigenvalue weighted by molar-refractivity contribution is -0.141. The Hall–Kier alpha value is -3.14. The topological polar surface area (TPSA) is 65.4 Å². The van der Waals surface area contributed by atoms with E-state index in [2.05, 4.69) is 10.3 Å². The molecule has 2 aromatic carbocycles. The summed E-state index contributed by atoms with van der Waals surface area (Å²) < 4.78 is 51.3. The van der Waals surface area contributed by atoms with Crippen LogP contribution in [0.3, 0.4) is 0 Å². The quantitative estimate of drug-likeness (QED) is 0.539. The molecule has 1 aromatic heterocycles. The number of carbonyl (C=O) groups is 1. The first-order valence-electron chi connectivity index (χ1n) is 9.35. The smallest absolute Gasteiger partial charge is 0.406 e. The van der Waals surface area contributed by atoms with Crippen LogP contribution in [0.5, 0.6) is 11.5 Å². The van der Waals surface area contributed by atoms with Crippen LogP contribution < -0.4 is 14.8 Å². The molecular formula is C21H18F3N3O3S. The van der Waals surface area contributed by atoms with Crippen molar-refractivity contribution in [2.45, 2.75) is 30.1 Å². The van der Waals surface area contributed by atoms with Gasteiger partial charge in [0, 0.05) is 11.8 Å². The Kier molecular flexibility index (Phi) is 5.81. The molecule has 31 heavy (non-hydrogen) atoms. The number of alkyl halides is 3. The molecule has 4 rings (SSSR count). The fourth-order valence-electron chi connectivity index (χ4n) is 3.05. The maximum atomic E-state index is 13.2. The second-order valence-corrected chi connectivity index (χ2v) is 8.12. The van der Waals surface area contributed by atoms with E-state index in [-0.39, 0.29) is 17.9 Å². The van der Waals surface area contributed by atoms with E-state index in [0.717, 1.165) is 16.3 Å². The fourth-order valence-corrected chi connectivity index (χ4v) is 3.94. The van der Waals surface area contributed by atoms with E-state index in [0.29, 0.717) is 28.4 Å². The van der Waals surface area contributed by atoms with Crippen LogP contribution >= 0.6 is 11.8 Å². The molecule has 162 valence electrons. The van der Waals surface area contributed by atoms with Crippen LogP contribution in [0.25, 0.3) is 11.3 Å². The molecule has 0 saturated heterocycles. The van der Waals surface area contributed by atoms with Crippen LogP contribution in [0.2, 0.25) is 0 Å². The summed E-state index contributed by atoms with van der Waals surface area (Å²) in [6, 6.07) is 13.7. The SMILES string of the molecule is CC(Sc1ncc(-c2ccccc2)n1CC(F)(F)F)C(=O)Nc1ccc2c(c1)OCO2. The second kappa shape index (κ2) is 8.54. The number of fused-ring (bicyclic) bond motifs is 1. The summed E-state index contributed by atoms with van der Waals surface area (Å²) in [4.78, 5) is 16.8. The second-order valence-electron chi connectivity index (χ2n) is 6.81. The highest BCUT2D eigenvalue weighted by molar-refractivity contribution is 8.00. The Morgan fingerprint density at radius 1 is 1.19 bits per heavy atom. The highest BCUT2D eigenvalue weighted by Crippen LogP contribution is 2.35. The number of anilines is 1. The first-order chi connectivity index (χ1) is 14.8. The first-order valence-corrected chi connectivity index (χ1v) is 10.2. The van der Waals surface area contributed by atoms with Gasteiger partial charge in [-0.25, -0.2) is 4.98 Å². The maximum Gasteiger partial charge on any atom is 0.406 e. The monoisotopic (exact) mass is 449 g/mol. The first kappa shape index (κ1) is 21.1. The molecule has 1 atom stereocenters. The largest absolute Gasteiger partial charge is 0.454 e. The van der Waals surface area contributed by atoms with E-state index in [9.17, 15) is 18.0 Å². The van der Waals surface area contributed by atoms with Crippen LogP contribution in [-0.2, 0) is 11.3 Å². The number of benzene rings is 2. The summed E-state index contributed by atoms with van der Waals surface area (Å²) in [7, 11) is 0. The molecule has 0 bridgehead atoms. The number of rotatable bonds is 6. The van der Waals surface area contributed by atoms with Gasteiger partial charge in [-0.15, -0.1) is 0 Å². The van der Waals surface area contributed by atoms with Crippen molar-refractivity contribution in [3.63, 3.8) is 0 Å². The predicted molar refractivity (Wildman–Crippen MR) is 110 cm³/mol. The van der Waals surface area contributed by atoms with E-state index in [1.54, 1.807) is 55.5 Å². The van der Waals surface area contributed by atoms with Crippen molar-refractivity contribution in [3.05, 3.63) is 54.7 Å². The van der Waals surface area contributed by atoms with Gasteiger partial charge in [0.1, 0.15) is 6.54 Å². The van der Waals surface area contributed by atoms with Gasteiger partial charge in [0.25, 0.3) is 0 Å². The number of imidazole rings is 1. The van der Waals surface area contributed by atoms with Crippen molar-refractivity contribution in [1.29, 1.82) is 0 Å². The van der Waals surface area contributed by atoms with Crippen molar-refractivity contribution in [2.75, 3.05) is 12.1 Å². The summed E-state index contributed by atoms with van der Waals surface area (Å²) in [5, 5.41) is 2.17. The van der Waals surface area contributed by atoms with E-state index >= 15 is 0 Å². The summed E-state index contributed by atoms with van der Waals surface area (Å²) in [5.74, 6) is 0.737. The number of halogens is 3. The summed E-state index contributed by atoms with van der Waals surface area (Å²) in [5.41, 5.74) is 1.46. The molecule has 0 spiro atoms. The minimum absolute atomic E-state index is 0.115. The van der Waals surface area contributed by atoms with Crippen molar-refractivity contribution < 1.29 is 27.4 Å². The molecule has 1 amide bonds. The Labute approximate surface area is 180 Å². The van der Waals surface area contributed by atoms with Crippen LogP contribution in [0.15, 0.2) is 59.9 Å². The number of aromatic nitrogens is 2. The van der Waals surface area contributed by atoms with Crippen molar-refractivity contribution >= 4 is 23.4 Å². The van der Waals surface area contributed by atoms with Gasteiger partial charge in [-0.3, -0.25) is 4.79 Å². The number of hydrogen-bond donors (Lipinski definition) is 1. The number of ether oxygens (including phenoxy) is 2. The van der Waals surface area contributed by atoms with Gasteiger partial charge >= 0.3 is 6.18 Å². The number of nitrogens with one attached hydrogen (secondary N) is 1. The number of carbonyl (C=O) groups excluding carboxylic acids is 1. The molecule has 10 heteroatoms. The summed E-state index contributed by atoms with van der Waals surface area (Å²) >= 11 is 0.963. The Morgan fingerprint density at radius 2 is 1.94 bits per heavy atom. The van der Waals surface area contributed by atoms with Gasteiger partial charge < -0.3 is 19.4 Å². The zero-order chi connectivity index (χ0) is 22.0. The Balaban J connectivity index is 1.52. The third kappa shape index (κ3) is 4.96. The molecule has 2 heterocycles. The lowest BCUT2D eigenvalue weighted by Crippen LogP contribution is -2.24. The van der Waals surface area contributed by atoms with E-state index in [4.69, 9.17) is 9.47 Å². The zero-order valence-corrected chi connectivity index (χ0v) is 17.2. The molecule has 1 aliphatic rings.